The summed E-state index contributed by atoms with van der Waals surface area (Å²) < 4.78 is 27.5. The number of sulfonamides is 1. The lowest BCUT2D eigenvalue weighted by molar-refractivity contribution is 0.262. The van der Waals surface area contributed by atoms with Crippen molar-refractivity contribution in [1.29, 1.82) is 0 Å². The van der Waals surface area contributed by atoms with E-state index in [-0.39, 0.29) is 10.8 Å². The Hall–Kier alpha value is -3.46. The molecule has 156 valence electrons. The van der Waals surface area contributed by atoms with E-state index in [2.05, 4.69) is 25.3 Å². The number of amides is 2. The van der Waals surface area contributed by atoms with E-state index in [1.807, 2.05) is 32.0 Å². The van der Waals surface area contributed by atoms with Crippen molar-refractivity contribution >= 4 is 33.4 Å². The van der Waals surface area contributed by atoms with Crippen LogP contribution in [0.3, 0.4) is 0 Å². The molecule has 8 nitrogen and oxygen atoms in total. The average Bonchev–Trinajstić information content (AvgIpc) is 2.63. The summed E-state index contributed by atoms with van der Waals surface area (Å²) in [7, 11) is -3.85. The molecule has 0 bridgehead atoms. The average molecular weight is 426 g/mol. The van der Waals surface area contributed by atoms with Gasteiger partial charge in [-0.05, 0) is 69.7 Å². The van der Waals surface area contributed by atoms with E-state index < -0.39 is 16.1 Å². The van der Waals surface area contributed by atoms with Crippen LogP contribution in [0.4, 0.5) is 22.1 Å². The number of aromatic nitrogens is 2. The summed E-state index contributed by atoms with van der Waals surface area (Å²) in [5.41, 5.74) is 4.54. The molecule has 30 heavy (non-hydrogen) atoms. The highest BCUT2D eigenvalue weighted by Crippen LogP contribution is 2.19. The standard InChI is InChI=1S/C21H23N5O3S/c1-13-5-10-19(14(2)11-13)25-21(27)24-17-6-8-18(9-7-17)30(28,29)26-20-22-15(3)12-16(4)23-20/h5-12H,1-4H3,(H,22,23,26)(H2,24,25,27). The van der Waals surface area contributed by atoms with Gasteiger partial charge in [-0.25, -0.2) is 27.9 Å². The van der Waals surface area contributed by atoms with Gasteiger partial charge in [0, 0.05) is 22.8 Å². The third-order valence-electron chi connectivity index (χ3n) is 4.26. The first-order valence-corrected chi connectivity index (χ1v) is 10.7. The van der Waals surface area contributed by atoms with E-state index in [9.17, 15) is 13.2 Å². The molecule has 0 spiro atoms. The second-order valence-electron chi connectivity index (χ2n) is 7.00. The van der Waals surface area contributed by atoms with Gasteiger partial charge < -0.3 is 10.6 Å². The van der Waals surface area contributed by atoms with Crippen molar-refractivity contribution in [1.82, 2.24) is 9.97 Å². The Balaban J connectivity index is 1.68. The summed E-state index contributed by atoms with van der Waals surface area (Å²) in [6.45, 7) is 7.41. The molecule has 1 aromatic heterocycles. The number of hydrogen-bond donors (Lipinski definition) is 3. The minimum atomic E-state index is -3.85. The Labute approximate surface area is 175 Å². The molecular weight excluding hydrogens is 402 g/mol. The van der Waals surface area contributed by atoms with E-state index in [0.717, 1.165) is 11.1 Å². The Morgan fingerprint density at radius 1 is 0.833 bits per heavy atom. The van der Waals surface area contributed by atoms with E-state index in [0.29, 0.717) is 22.8 Å². The van der Waals surface area contributed by atoms with Crippen LogP contribution >= 0.6 is 0 Å². The first kappa shape index (κ1) is 21.3. The zero-order valence-electron chi connectivity index (χ0n) is 17.1. The number of hydrogen-bond acceptors (Lipinski definition) is 5. The zero-order chi connectivity index (χ0) is 21.9. The van der Waals surface area contributed by atoms with Gasteiger partial charge in [-0.15, -0.1) is 0 Å². The molecule has 0 saturated heterocycles. The number of benzene rings is 2. The molecule has 9 heteroatoms. The van der Waals surface area contributed by atoms with Crippen LogP contribution in [-0.2, 0) is 10.0 Å². The largest absolute Gasteiger partial charge is 0.323 e. The van der Waals surface area contributed by atoms with Crippen LogP contribution in [0, 0.1) is 27.7 Å². The molecule has 3 aromatic rings. The number of nitrogens with one attached hydrogen (secondary N) is 3. The third-order valence-corrected chi connectivity index (χ3v) is 5.60. The summed E-state index contributed by atoms with van der Waals surface area (Å²) in [6.07, 6.45) is 0. The normalized spacial score (nSPS) is 11.1. The van der Waals surface area contributed by atoms with Crippen molar-refractivity contribution in [3.05, 3.63) is 71.0 Å². The number of carbonyl (C=O) groups excluding carboxylic acids is 1. The van der Waals surface area contributed by atoms with Crippen LogP contribution in [0.15, 0.2) is 53.4 Å². The molecule has 1 heterocycles. The van der Waals surface area contributed by atoms with Crippen molar-refractivity contribution in [2.24, 2.45) is 0 Å². The Bertz CT molecular complexity index is 1170. The molecule has 2 amide bonds. The van der Waals surface area contributed by atoms with Crippen molar-refractivity contribution in [2.45, 2.75) is 32.6 Å². The van der Waals surface area contributed by atoms with Gasteiger partial charge in [0.1, 0.15) is 0 Å². The van der Waals surface area contributed by atoms with Gasteiger partial charge in [-0.2, -0.15) is 0 Å². The number of carbonyl (C=O) groups is 1. The number of aryl methyl sites for hydroxylation is 4. The fourth-order valence-electron chi connectivity index (χ4n) is 2.91. The lowest BCUT2D eigenvalue weighted by Crippen LogP contribution is -2.20. The molecule has 0 atom stereocenters. The first-order chi connectivity index (χ1) is 14.1. The van der Waals surface area contributed by atoms with Gasteiger partial charge in [0.2, 0.25) is 5.95 Å². The van der Waals surface area contributed by atoms with Crippen LogP contribution < -0.4 is 15.4 Å². The highest BCUT2D eigenvalue weighted by molar-refractivity contribution is 7.92. The molecule has 0 fully saturated rings. The Kier molecular flexibility index (Phi) is 6.02. The summed E-state index contributed by atoms with van der Waals surface area (Å²) in [5, 5.41) is 5.46. The van der Waals surface area contributed by atoms with Gasteiger partial charge in [-0.3, -0.25) is 0 Å². The monoisotopic (exact) mass is 425 g/mol. The van der Waals surface area contributed by atoms with Crippen LogP contribution in [0.5, 0.6) is 0 Å². The quantitative estimate of drug-likeness (QED) is 0.568. The van der Waals surface area contributed by atoms with Crippen LogP contribution in [0.2, 0.25) is 0 Å². The summed E-state index contributed by atoms with van der Waals surface area (Å²) in [4.78, 5) is 20.4. The fraction of sp³-hybridized carbons (Fsp3) is 0.190. The zero-order valence-corrected chi connectivity index (χ0v) is 18.0. The highest BCUT2D eigenvalue weighted by atomic mass is 32.2. The lowest BCUT2D eigenvalue weighted by atomic mass is 10.1. The number of urea groups is 1. The van der Waals surface area contributed by atoms with Crippen LogP contribution in [0.25, 0.3) is 0 Å². The minimum absolute atomic E-state index is 0.0162. The minimum Gasteiger partial charge on any atom is -0.308 e. The second kappa shape index (κ2) is 8.50. The smallest absolute Gasteiger partial charge is 0.308 e. The van der Waals surface area contributed by atoms with Crippen molar-refractivity contribution in [3.63, 3.8) is 0 Å². The van der Waals surface area contributed by atoms with Gasteiger partial charge in [0.25, 0.3) is 10.0 Å². The van der Waals surface area contributed by atoms with Crippen molar-refractivity contribution in [3.8, 4) is 0 Å². The van der Waals surface area contributed by atoms with E-state index >= 15 is 0 Å². The van der Waals surface area contributed by atoms with Crippen LogP contribution in [-0.4, -0.2) is 24.4 Å². The number of nitrogens with zero attached hydrogens (tertiary/aromatic N) is 2. The summed E-state index contributed by atoms with van der Waals surface area (Å²) in [6, 6.07) is 12.9. The topological polar surface area (TPSA) is 113 Å². The molecule has 0 radical (unpaired) electrons. The molecular formula is C21H23N5O3S. The molecule has 0 aliphatic heterocycles. The molecule has 0 saturated carbocycles. The van der Waals surface area contributed by atoms with E-state index in [1.165, 1.54) is 24.3 Å². The second-order valence-corrected chi connectivity index (χ2v) is 8.68. The summed E-state index contributed by atoms with van der Waals surface area (Å²) in [5.74, 6) is 0.0162. The highest BCUT2D eigenvalue weighted by Gasteiger charge is 2.16. The third kappa shape index (κ3) is 5.32. The summed E-state index contributed by atoms with van der Waals surface area (Å²) >= 11 is 0. The van der Waals surface area contributed by atoms with Gasteiger partial charge in [0.05, 0.1) is 4.90 Å². The van der Waals surface area contributed by atoms with Crippen molar-refractivity contribution < 1.29 is 13.2 Å². The van der Waals surface area contributed by atoms with Gasteiger partial charge >= 0.3 is 6.03 Å². The molecule has 3 rings (SSSR count). The van der Waals surface area contributed by atoms with E-state index in [4.69, 9.17) is 0 Å². The molecule has 0 aliphatic rings. The number of rotatable bonds is 5. The van der Waals surface area contributed by atoms with Gasteiger partial charge in [-0.1, -0.05) is 17.7 Å². The SMILES string of the molecule is Cc1ccc(NC(=O)Nc2ccc(S(=O)(=O)Nc3nc(C)cc(C)n3)cc2)c(C)c1. The Morgan fingerprint density at radius 3 is 2.07 bits per heavy atom. The predicted molar refractivity (Wildman–Crippen MR) is 117 cm³/mol. The van der Waals surface area contributed by atoms with E-state index in [1.54, 1.807) is 19.9 Å². The van der Waals surface area contributed by atoms with Crippen LogP contribution in [0.1, 0.15) is 22.5 Å². The van der Waals surface area contributed by atoms with Gasteiger partial charge in [0.15, 0.2) is 0 Å². The maximum absolute atomic E-state index is 12.6. The predicted octanol–water partition coefficient (Wildman–Crippen LogP) is 4.16. The Morgan fingerprint density at radius 2 is 1.47 bits per heavy atom. The lowest BCUT2D eigenvalue weighted by Gasteiger charge is -2.11. The fourth-order valence-corrected chi connectivity index (χ4v) is 3.85. The number of anilines is 3. The maximum Gasteiger partial charge on any atom is 0.323 e. The maximum atomic E-state index is 12.6. The first-order valence-electron chi connectivity index (χ1n) is 9.23. The van der Waals surface area contributed by atoms with Crippen molar-refractivity contribution in [2.75, 3.05) is 15.4 Å². The molecule has 0 unspecified atom stereocenters. The molecule has 3 N–H and O–H groups in total. The molecule has 0 aliphatic carbocycles. The molecule has 2 aromatic carbocycles.